The second-order valence-corrected chi connectivity index (χ2v) is 6.43. The third kappa shape index (κ3) is 3.97. The van der Waals surface area contributed by atoms with Gasteiger partial charge in [0.1, 0.15) is 13.1 Å². The quantitative estimate of drug-likeness (QED) is 0.806. The molecule has 0 radical (unpaired) electrons. The van der Waals surface area contributed by atoms with Gasteiger partial charge < -0.3 is 14.7 Å². The summed E-state index contributed by atoms with van der Waals surface area (Å²) in [7, 11) is 0. The molecule has 1 atom stereocenters. The Hall–Kier alpha value is -2.58. The van der Waals surface area contributed by atoms with Crippen LogP contribution in [0.3, 0.4) is 0 Å². The van der Waals surface area contributed by atoms with Crippen molar-refractivity contribution in [2.45, 2.75) is 12.6 Å². The van der Waals surface area contributed by atoms with Crippen molar-refractivity contribution >= 4 is 23.4 Å². The maximum Gasteiger partial charge on any atom is 0.406 e. The number of hydrogen-bond donors (Lipinski definition) is 0. The van der Waals surface area contributed by atoms with Crippen molar-refractivity contribution in [2.24, 2.45) is 5.92 Å². The first-order valence-electron chi connectivity index (χ1n) is 8.23. The number of carbonyl (C=O) groups excluding carboxylic acids is 3. The smallest absolute Gasteiger partial charge is 0.333 e. The predicted molar refractivity (Wildman–Crippen MR) is 86.1 cm³/mol. The first kappa shape index (κ1) is 18.2. The first-order chi connectivity index (χ1) is 12.2. The summed E-state index contributed by atoms with van der Waals surface area (Å²) in [4.78, 5) is 40.2. The third-order valence-corrected chi connectivity index (χ3v) is 4.53. The number of likely N-dealkylation sites (tertiary alicyclic amines) is 1. The van der Waals surface area contributed by atoms with E-state index in [2.05, 4.69) is 0 Å². The molecule has 1 aromatic rings. The Morgan fingerprint density at radius 2 is 1.77 bits per heavy atom. The monoisotopic (exact) mass is 369 g/mol. The molecular formula is C17H18F3N3O3. The lowest BCUT2D eigenvalue weighted by atomic mass is 10.1. The standard InChI is InChI=1S/C17H18F3N3O3/c18-17(19,20)11-22-9-12(8-14(22)24)16(26)21-6-7-23(15(25)10-21)13-4-2-1-3-5-13/h1-5,12H,6-11H2. The van der Waals surface area contributed by atoms with E-state index in [1.165, 1.54) is 4.90 Å². The van der Waals surface area contributed by atoms with Crippen LogP contribution < -0.4 is 4.90 Å². The Kier molecular flexibility index (Phi) is 4.88. The molecule has 2 aliphatic rings. The van der Waals surface area contributed by atoms with E-state index in [0.717, 1.165) is 5.69 Å². The fourth-order valence-electron chi connectivity index (χ4n) is 3.31. The van der Waals surface area contributed by atoms with Crippen LogP contribution in [0.5, 0.6) is 0 Å². The Labute approximate surface area is 148 Å². The van der Waals surface area contributed by atoms with Gasteiger partial charge in [0.25, 0.3) is 0 Å². The number of halogens is 3. The highest BCUT2D eigenvalue weighted by Crippen LogP contribution is 2.26. The number of hydrogen-bond acceptors (Lipinski definition) is 3. The van der Waals surface area contributed by atoms with Gasteiger partial charge in [-0.25, -0.2) is 0 Å². The van der Waals surface area contributed by atoms with E-state index in [4.69, 9.17) is 0 Å². The number of alkyl halides is 3. The lowest BCUT2D eigenvalue weighted by molar-refractivity contribution is -0.157. The second-order valence-electron chi connectivity index (χ2n) is 6.43. The summed E-state index contributed by atoms with van der Waals surface area (Å²) in [6.45, 7) is -1.16. The maximum atomic E-state index is 12.5. The van der Waals surface area contributed by atoms with Crippen LogP contribution in [-0.4, -0.2) is 66.4 Å². The molecule has 6 nitrogen and oxygen atoms in total. The molecule has 26 heavy (non-hydrogen) atoms. The lowest BCUT2D eigenvalue weighted by Crippen LogP contribution is -2.54. The van der Waals surface area contributed by atoms with Crippen LogP contribution in [-0.2, 0) is 14.4 Å². The average molecular weight is 369 g/mol. The van der Waals surface area contributed by atoms with Crippen molar-refractivity contribution in [3.8, 4) is 0 Å². The number of anilines is 1. The van der Waals surface area contributed by atoms with Gasteiger partial charge in [-0.15, -0.1) is 0 Å². The number of carbonyl (C=O) groups is 3. The van der Waals surface area contributed by atoms with E-state index < -0.39 is 30.5 Å². The van der Waals surface area contributed by atoms with E-state index >= 15 is 0 Å². The highest BCUT2D eigenvalue weighted by atomic mass is 19.4. The number of piperazine rings is 1. The van der Waals surface area contributed by atoms with E-state index in [1.54, 1.807) is 29.2 Å². The van der Waals surface area contributed by atoms with E-state index in [9.17, 15) is 27.6 Å². The highest BCUT2D eigenvalue weighted by molar-refractivity contribution is 5.99. The fraction of sp³-hybridized carbons (Fsp3) is 0.471. The minimum absolute atomic E-state index is 0.141. The van der Waals surface area contributed by atoms with Gasteiger partial charge in [0.15, 0.2) is 0 Å². The molecular weight excluding hydrogens is 351 g/mol. The molecule has 0 saturated carbocycles. The van der Waals surface area contributed by atoms with E-state index in [0.29, 0.717) is 11.4 Å². The van der Waals surface area contributed by atoms with Crippen LogP contribution in [0.25, 0.3) is 0 Å². The number of rotatable bonds is 3. The number of para-hydroxylation sites is 1. The van der Waals surface area contributed by atoms with Crippen LogP contribution in [0.4, 0.5) is 18.9 Å². The summed E-state index contributed by atoms with van der Waals surface area (Å²) < 4.78 is 37.4. The molecule has 9 heteroatoms. The topological polar surface area (TPSA) is 60.9 Å². The second kappa shape index (κ2) is 6.97. The summed E-state index contributed by atoms with van der Waals surface area (Å²) >= 11 is 0. The van der Waals surface area contributed by atoms with Crippen molar-refractivity contribution in [3.63, 3.8) is 0 Å². The predicted octanol–water partition coefficient (Wildman–Crippen LogP) is 1.27. The first-order valence-corrected chi connectivity index (χ1v) is 8.23. The molecule has 3 amide bonds. The summed E-state index contributed by atoms with van der Waals surface area (Å²) in [6.07, 6.45) is -4.74. The zero-order chi connectivity index (χ0) is 18.9. The van der Waals surface area contributed by atoms with Crippen molar-refractivity contribution < 1.29 is 27.6 Å². The summed E-state index contributed by atoms with van der Waals surface area (Å²) in [5.74, 6) is -2.22. The van der Waals surface area contributed by atoms with Crippen LogP contribution >= 0.6 is 0 Å². The Morgan fingerprint density at radius 1 is 1.08 bits per heavy atom. The number of amides is 3. The molecule has 0 spiro atoms. The molecule has 2 fully saturated rings. The normalized spacial score (nSPS) is 21.5. The zero-order valence-electron chi connectivity index (χ0n) is 13.9. The van der Waals surface area contributed by atoms with Gasteiger partial charge in [-0.1, -0.05) is 18.2 Å². The van der Waals surface area contributed by atoms with Gasteiger partial charge in [-0.2, -0.15) is 13.2 Å². The van der Waals surface area contributed by atoms with Crippen LogP contribution in [0.2, 0.25) is 0 Å². The average Bonchev–Trinajstić information content (AvgIpc) is 2.94. The summed E-state index contributed by atoms with van der Waals surface area (Å²) in [6, 6.07) is 9.02. The molecule has 1 aromatic carbocycles. The minimum atomic E-state index is -4.50. The van der Waals surface area contributed by atoms with Gasteiger partial charge in [-0.3, -0.25) is 14.4 Å². The van der Waals surface area contributed by atoms with Gasteiger partial charge in [0.2, 0.25) is 17.7 Å². The highest BCUT2D eigenvalue weighted by Gasteiger charge is 2.42. The summed E-state index contributed by atoms with van der Waals surface area (Å²) in [5.41, 5.74) is 0.733. The lowest BCUT2D eigenvalue weighted by Gasteiger charge is -2.35. The minimum Gasteiger partial charge on any atom is -0.333 e. The molecule has 0 bridgehead atoms. The SMILES string of the molecule is O=C1CC(C(=O)N2CCN(c3ccccc3)C(=O)C2)CN1CC(F)(F)F. The summed E-state index contributed by atoms with van der Waals surface area (Å²) in [5, 5.41) is 0. The van der Waals surface area contributed by atoms with Crippen LogP contribution in [0.15, 0.2) is 30.3 Å². The van der Waals surface area contributed by atoms with Crippen molar-refractivity contribution in [1.29, 1.82) is 0 Å². The van der Waals surface area contributed by atoms with Gasteiger partial charge in [0.05, 0.1) is 5.92 Å². The molecule has 2 aliphatic heterocycles. The molecule has 3 rings (SSSR count). The van der Waals surface area contributed by atoms with E-state index in [1.807, 2.05) is 6.07 Å². The van der Waals surface area contributed by atoms with Crippen molar-refractivity contribution in [1.82, 2.24) is 9.80 Å². The molecule has 140 valence electrons. The molecule has 0 N–H and O–H groups in total. The number of nitrogens with zero attached hydrogens (tertiary/aromatic N) is 3. The molecule has 2 heterocycles. The van der Waals surface area contributed by atoms with Crippen LogP contribution in [0, 0.1) is 5.92 Å². The maximum absolute atomic E-state index is 12.5. The Bertz CT molecular complexity index is 708. The largest absolute Gasteiger partial charge is 0.406 e. The molecule has 0 aromatic heterocycles. The van der Waals surface area contributed by atoms with Crippen molar-refractivity contribution in [2.75, 3.05) is 37.6 Å². The van der Waals surface area contributed by atoms with Crippen molar-refractivity contribution in [3.05, 3.63) is 30.3 Å². The third-order valence-electron chi connectivity index (χ3n) is 4.53. The molecule has 1 unspecified atom stereocenters. The van der Waals surface area contributed by atoms with Gasteiger partial charge in [0, 0.05) is 31.7 Å². The Morgan fingerprint density at radius 3 is 2.38 bits per heavy atom. The van der Waals surface area contributed by atoms with E-state index in [-0.39, 0.29) is 32.0 Å². The Balaban J connectivity index is 1.60. The number of benzene rings is 1. The van der Waals surface area contributed by atoms with Crippen LogP contribution in [0.1, 0.15) is 6.42 Å². The zero-order valence-corrected chi connectivity index (χ0v) is 13.9. The van der Waals surface area contributed by atoms with Gasteiger partial charge >= 0.3 is 6.18 Å². The van der Waals surface area contributed by atoms with Gasteiger partial charge in [-0.05, 0) is 12.1 Å². The molecule has 2 saturated heterocycles. The molecule has 0 aliphatic carbocycles. The fourth-order valence-corrected chi connectivity index (χ4v) is 3.31.